The Labute approximate surface area is 226 Å². The summed E-state index contributed by atoms with van der Waals surface area (Å²) in [6.45, 7) is 10.1. The van der Waals surface area contributed by atoms with Crippen LogP contribution in [-0.4, -0.2) is 18.6 Å². The lowest BCUT2D eigenvalue weighted by Gasteiger charge is -2.55. The zero-order valence-corrected chi connectivity index (χ0v) is 23.3. The standard InChI is InChI=1S/C33H40N2O3/c1-22(2)23-10-13-28-26(18-23)12-15-31-32(3,16-7-17-33(28,31)4)21-34-29-14-11-25(20-30(29)35(36)37)24-8-6-9-27(19-24)38-5/h6,8-11,13-14,18-20,22,31,34H,7,12,15-17,21H2,1-5H3/t31-,32+,33+/m0/s1. The maximum Gasteiger partial charge on any atom is 0.292 e. The van der Waals surface area contributed by atoms with Gasteiger partial charge in [-0.25, -0.2) is 0 Å². The zero-order chi connectivity index (χ0) is 27.1. The van der Waals surface area contributed by atoms with Crippen molar-refractivity contribution in [1.29, 1.82) is 0 Å². The van der Waals surface area contributed by atoms with Crippen molar-refractivity contribution in [2.75, 3.05) is 19.0 Å². The summed E-state index contributed by atoms with van der Waals surface area (Å²) in [6.07, 6.45) is 5.79. The molecule has 0 unspecified atom stereocenters. The molecule has 0 saturated heterocycles. The second-order valence-electron chi connectivity index (χ2n) is 12.2. The van der Waals surface area contributed by atoms with Crippen LogP contribution in [0.25, 0.3) is 11.1 Å². The number of aryl methyl sites for hydroxylation is 1. The minimum atomic E-state index is -0.275. The number of nitro groups is 1. The SMILES string of the molecule is COc1cccc(-c2ccc(NC[C@@]3(C)CCC[C@]4(C)c5ccc(C(C)C)cc5CC[C@@H]34)c([N+](=O)[O-])c2)c1. The molecule has 0 aromatic heterocycles. The first-order chi connectivity index (χ1) is 18.1. The van der Waals surface area contributed by atoms with Gasteiger partial charge in [0.15, 0.2) is 0 Å². The first kappa shape index (κ1) is 26.3. The minimum Gasteiger partial charge on any atom is -0.497 e. The molecule has 2 aliphatic carbocycles. The number of ether oxygens (including phenoxy) is 1. The van der Waals surface area contributed by atoms with Crippen molar-refractivity contribution in [3.05, 3.63) is 87.5 Å². The van der Waals surface area contributed by atoms with Crippen molar-refractivity contribution in [2.45, 2.75) is 71.1 Å². The highest BCUT2D eigenvalue weighted by atomic mass is 16.6. The molecule has 1 saturated carbocycles. The van der Waals surface area contributed by atoms with Crippen LogP contribution in [0, 0.1) is 21.4 Å². The van der Waals surface area contributed by atoms with Gasteiger partial charge in [0.05, 0.1) is 12.0 Å². The van der Waals surface area contributed by atoms with E-state index in [1.165, 1.54) is 36.0 Å². The number of benzene rings is 3. The van der Waals surface area contributed by atoms with Gasteiger partial charge in [0.25, 0.3) is 5.69 Å². The lowest BCUT2D eigenvalue weighted by atomic mass is 9.49. The predicted molar refractivity (Wildman–Crippen MR) is 155 cm³/mol. The molecular weight excluding hydrogens is 472 g/mol. The van der Waals surface area contributed by atoms with E-state index in [9.17, 15) is 10.1 Å². The molecule has 5 heteroatoms. The number of nitro benzene ring substituents is 1. The summed E-state index contributed by atoms with van der Waals surface area (Å²) in [4.78, 5) is 11.8. The third-order valence-electron chi connectivity index (χ3n) is 9.45. The van der Waals surface area contributed by atoms with Crippen LogP contribution in [0.2, 0.25) is 0 Å². The Balaban J connectivity index is 1.40. The molecule has 3 aromatic carbocycles. The van der Waals surface area contributed by atoms with E-state index in [2.05, 4.69) is 51.2 Å². The monoisotopic (exact) mass is 512 g/mol. The Kier molecular flexibility index (Phi) is 6.97. The van der Waals surface area contributed by atoms with E-state index < -0.39 is 0 Å². The van der Waals surface area contributed by atoms with Crippen molar-refractivity contribution in [3.8, 4) is 16.9 Å². The van der Waals surface area contributed by atoms with Crippen LogP contribution in [0.1, 0.15) is 76.0 Å². The fourth-order valence-electron chi connectivity index (χ4n) is 7.33. The maximum atomic E-state index is 12.1. The van der Waals surface area contributed by atoms with Crippen molar-refractivity contribution in [3.63, 3.8) is 0 Å². The molecule has 0 aliphatic heterocycles. The lowest BCUT2D eigenvalue weighted by molar-refractivity contribution is -0.383. The van der Waals surface area contributed by atoms with Crippen LogP contribution in [0.5, 0.6) is 5.75 Å². The number of nitrogens with one attached hydrogen (secondary N) is 1. The molecule has 0 amide bonds. The molecule has 0 radical (unpaired) electrons. The molecule has 0 bridgehead atoms. The minimum absolute atomic E-state index is 0.0563. The summed E-state index contributed by atoms with van der Waals surface area (Å²) in [5, 5.41) is 15.6. The van der Waals surface area contributed by atoms with Crippen molar-refractivity contribution < 1.29 is 9.66 Å². The highest BCUT2D eigenvalue weighted by molar-refractivity contribution is 5.74. The van der Waals surface area contributed by atoms with E-state index in [1.54, 1.807) is 13.2 Å². The van der Waals surface area contributed by atoms with E-state index in [4.69, 9.17) is 4.74 Å². The summed E-state index contributed by atoms with van der Waals surface area (Å²) in [7, 11) is 1.62. The number of methoxy groups -OCH3 is 1. The largest absolute Gasteiger partial charge is 0.497 e. The third-order valence-corrected chi connectivity index (χ3v) is 9.45. The van der Waals surface area contributed by atoms with Gasteiger partial charge in [0.1, 0.15) is 11.4 Å². The molecule has 2 aliphatic rings. The van der Waals surface area contributed by atoms with Gasteiger partial charge in [0, 0.05) is 12.6 Å². The predicted octanol–water partition coefficient (Wildman–Crippen LogP) is 8.52. The van der Waals surface area contributed by atoms with E-state index >= 15 is 0 Å². The first-order valence-electron chi connectivity index (χ1n) is 13.9. The average molecular weight is 513 g/mol. The van der Waals surface area contributed by atoms with Gasteiger partial charge < -0.3 is 10.1 Å². The van der Waals surface area contributed by atoms with Crippen LogP contribution in [-0.2, 0) is 11.8 Å². The Morgan fingerprint density at radius 2 is 1.84 bits per heavy atom. The highest BCUT2D eigenvalue weighted by Crippen LogP contribution is 2.57. The molecule has 38 heavy (non-hydrogen) atoms. The number of hydrogen-bond acceptors (Lipinski definition) is 4. The zero-order valence-electron chi connectivity index (χ0n) is 23.3. The third kappa shape index (κ3) is 4.68. The quantitative estimate of drug-likeness (QED) is 0.254. The molecule has 0 heterocycles. The van der Waals surface area contributed by atoms with Crippen LogP contribution in [0.15, 0.2) is 60.7 Å². The second-order valence-corrected chi connectivity index (χ2v) is 12.2. The van der Waals surface area contributed by atoms with Gasteiger partial charge in [-0.3, -0.25) is 10.1 Å². The molecule has 1 N–H and O–H groups in total. The first-order valence-corrected chi connectivity index (χ1v) is 13.9. The fraction of sp³-hybridized carbons (Fsp3) is 0.455. The number of anilines is 1. The Morgan fingerprint density at radius 1 is 1.05 bits per heavy atom. The molecular formula is C33H40N2O3. The fourth-order valence-corrected chi connectivity index (χ4v) is 7.33. The Hall–Kier alpha value is -3.34. The summed E-state index contributed by atoms with van der Waals surface area (Å²) in [5.41, 5.74) is 7.08. The Morgan fingerprint density at radius 3 is 2.58 bits per heavy atom. The molecule has 5 rings (SSSR count). The van der Waals surface area contributed by atoms with E-state index in [1.807, 2.05) is 36.4 Å². The second kappa shape index (κ2) is 10.1. The van der Waals surface area contributed by atoms with Crippen LogP contribution in [0.4, 0.5) is 11.4 Å². The topological polar surface area (TPSA) is 64.4 Å². The van der Waals surface area contributed by atoms with Crippen molar-refractivity contribution >= 4 is 11.4 Å². The van der Waals surface area contributed by atoms with E-state index in [-0.39, 0.29) is 21.4 Å². The lowest BCUT2D eigenvalue weighted by Crippen LogP contribution is -2.51. The van der Waals surface area contributed by atoms with Crippen LogP contribution >= 0.6 is 0 Å². The molecule has 5 nitrogen and oxygen atoms in total. The highest BCUT2D eigenvalue weighted by Gasteiger charge is 2.51. The summed E-state index contributed by atoms with van der Waals surface area (Å²) >= 11 is 0. The number of fused-ring (bicyclic) bond motifs is 3. The summed E-state index contributed by atoms with van der Waals surface area (Å²) in [6, 6.07) is 20.3. The molecule has 200 valence electrons. The molecule has 3 aromatic rings. The van der Waals surface area contributed by atoms with Gasteiger partial charge in [-0.05, 0) is 94.4 Å². The maximum absolute atomic E-state index is 12.1. The average Bonchev–Trinajstić information content (AvgIpc) is 2.91. The van der Waals surface area contributed by atoms with E-state index in [0.717, 1.165) is 36.3 Å². The smallest absolute Gasteiger partial charge is 0.292 e. The molecule has 3 atom stereocenters. The van der Waals surface area contributed by atoms with Gasteiger partial charge in [-0.1, -0.05) is 70.5 Å². The summed E-state index contributed by atoms with van der Waals surface area (Å²) < 4.78 is 5.34. The summed E-state index contributed by atoms with van der Waals surface area (Å²) in [5.74, 6) is 1.80. The van der Waals surface area contributed by atoms with Gasteiger partial charge >= 0.3 is 0 Å². The van der Waals surface area contributed by atoms with Crippen molar-refractivity contribution in [2.24, 2.45) is 11.3 Å². The Bertz CT molecular complexity index is 1350. The number of hydrogen-bond donors (Lipinski definition) is 1. The van der Waals surface area contributed by atoms with Gasteiger partial charge in [0.2, 0.25) is 0 Å². The molecule has 0 spiro atoms. The van der Waals surface area contributed by atoms with Crippen molar-refractivity contribution in [1.82, 2.24) is 0 Å². The van der Waals surface area contributed by atoms with Gasteiger partial charge in [-0.2, -0.15) is 0 Å². The normalized spacial score (nSPS) is 24.4. The van der Waals surface area contributed by atoms with Crippen LogP contribution < -0.4 is 10.1 Å². The van der Waals surface area contributed by atoms with Gasteiger partial charge in [-0.15, -0.1) is 0 Å². The van der Waals surface area contributed by atoms with Crippen LogP contribution in [0.3, 0.4) is 0 Å². The number of nitrogens with zero attached hydrogens (tertiary/aromatic N) is 1. The number of rotatable bonds is 7. The molecule has 1 fully saturated rings. The van der Waals surface area contributed by atoms with E-state index in [0.29, 0.717) is 17.5 Å².